The zero-order valence-electron chi connectivity index (χ0n) is 14.5. The van der Waals surface area contributed by atoms with Crippen LogP contribution in [-0.2, 0) is 9.53 Å². The molecule has 0 bridgehead atoms. The van der Waals surface area contributed by atoms with E-state index in [0.717, 1.165) is 5.56 Å². The van der Waals surface area contributed by atoms with Crippen LogP contribution in [-0.4, -0.2) is 48.5 Å². The van der Waals surface area contributed by atoms with E-state index in [0.29, 0.717) is 30.6 Å². The Morgan fingerprint density at radius 1 is 1.48 bits per heavy atom. The molecule has 8 heteroatoms. The first-order valence-electron chi connectivity index (χ1n) is 8.22. The van der Waals surface area contributed by atoms with Crippen LogP contribution < -0.4 is 15.4 Å². The molecule has 1 aliphatic heterocycles. The minimum atomic E-state index is -0.407. The van der Waals surface area contributed by atoms with Crippen molar-refractivity contribution in [1.82, 2.24) is 20.8 Å². The third-order valence-corrected chi connectivity index (χ3v) is 4.10. The minimum Gasteiger partial charge on any atom is -0.497 e. The lowest BCUT2D eigenvalue weighted by atomic mass is 10.1. The van der Waals surface area contributed by atoms with Crippen molar-refractivity contribution in [2.75, 3.05) is 20.3 Å². The first-order chi connectivity index (χ1) is 12.1. The summed E-state index contributed by atoms with van der Waals surface area (Å²) in [5.74, 6) is 1.35. The predicted octanol–water partition coefficient (Wildman–Crippen LogP) is 1.30. The molecule has 1 aromatic heterocycles. The number of carbonyl (C=O) groups is 1. The number of rotatable bonds is 5. The standard InChI is InChI=1S/C17H22N4O4/c1-10(19-16(22)14-11(2)24-8-7-18-14)17-20-15(21-25-17)12-5-4-6-13(9-12)23-3/h4-6,9-11,14,18H,7-8H2,1-3H3,(H,19,22)/t10?,11-,14+/m1/s1. The molecule has 0 aliphatic carbocycles. The van der Waals surface area contributed by atoms with Gasteiger partial charge in [-0.2, -0.15) is 4.98 Å². The second-order valence-corrected chi connectivity index (χ2v) is 5.93. The third-order valence-electron chi connectivity index (χ3n) is 4.10. The summed E-state index contributed by atoms with van der Waals surface area (Å²) in [6, 6.07) is 6.58. The van der Waals surface area contributed by atoms with E-state index >= 15 is 0 Å². The van der Waals surface area contributed by atoms with Crippen molar-refractivity contribution in [3.05, 3.63) is 30.2 Å². The zero-order chi connectivity index (χ0) is 17.8. The molecule has 1 fully saturated rings. The molecule has 134 valence electrons. The second-order valence-electron chi connectivity index (χ2n) is 5.93. The number of hydrogen-bond acceptors (Lipinski definition) is 7. The van der Waals surface area contributed by atoms with Gasteiger partial charge in [0, 0.05) is 12.1 Å². The number of carbonyl (C=O) groups excluding carboxylic acids is 1. The van der Waals surface area contributed by atoms with Crippen molar-refractivity contribution in [3.63, 3.8) is 0 Å². The van der Waals surface area contributed by atoms with Crippen LogP contribution in [0.3, 0.4) is 0 Å². The van der Waals surface area contributed by atoms with Gasteiger partial charge in [-0.15, -0.1) is 0 Å². The molecular formula is C17H22N4O4. The number of benzene rings is 1. The van der Waals surface area contributed by atoms with Crippen LogP contribution in [0.2, 0.25) is 0 Å². The maximum Gasteiger partial charge on any atom is 0.249 e. The Balaban J connectivity index is 1.67. The highest BCUT2D eigenvalue weighted by molar-refractivity contribution is 5.82. The smallest absolute Gasteiger partial charge is 0.249 e. The van der Waals surface area contributed by atoms with E-state index in [1.165, 1.54) is 0 Å². The molecule has 1 aromatic carbocycles. The Bertz CT molecular complexity index is 733. The van der Waals surface area contributed by atoms with Crippen LogP contribution in [0.15, 0.2) is 28.8 Å². The molecule has 1 amide bonds. The summed E-state index contributed by atoms with van der Waals surface area (Å²) in [5.41, 5.74) is 0.781. The first kappa shape index (κ1) is 17.4. The molecule has 25 heavy (non-hydrogen) atoms. The number of ether oxygens (including phenoxy) is 2. The van der Waals surface area contributed by atoms with Gasteiger partial charge < -0.3 is 24.6 Å². The fourth-order valence-electron chi connectivity index (χ4n) is 2.68. The lowest BCUT2D eigenvalue weighted by Gasteiger charge is -2.29. The van der Waals surface area contributed by atoms with Crippen molar-refractivity contribution in [2.24, 2.45) is 0 Å². The lowest BCUT2D eigenvalue weighted by molar-refractivity contribution is -0.129. The minimum absolute atomic E-state index is 0.152. The molecule has 2 aromatic rings. The van der Waals surface area contributed by atoms with Crippen molar-refractivity contribution in [1.29, 1.82) is 0 Å². The maximum absolute atomic E-state index is 12.4. The molecule has 0 spiro atoms. The molecule has 1 aliphatic rings. The van der Waals surface area contributed by atoms with Gasteiger partial charge in [0.15, 0.2) is 0 Å². The van der Waals surface area contributed by atoms with Gasteiger partial charge in [-0.05, 0) is 26.0 Å². The summed E-state index contributed by atoms with van der Waals surface area (Å²) < 4.78 is 16.0. The highest BCUT2D eigenvalue weighted by atomic mass is 16.5. The summed E-state index contributed by atoms with van der Waals surface area (Å²) in [5, 5.41) is 10.0. The monoisotopic (exact) mass is 346 g/mol. The zero-order valence-corrected chi connectivity index (χ0v) is 14.5. The van der Waals surface area contributed by atoms with E-state index < -0.39 is 12.1 Å². The summed E-state index contributed by atoms with van der Waals surface area (Å²) in [6.45, 7) is 4.93. The number of amides is 1. The Hall–Kier alpha value is -2.45. The van der Waals surface area contributed by atoms with Crippen molar-refractivity contribution >= 4 is 5.91 Å². The van der Waals surface area contributed by atoms with Crippen LogP contribution in [0.5, 0.6) is 5.75 Å². The van der Waals surface area contributed by atoms with E-state index in [1.54, 1.807) is 14.0 Å². The number of morpholine rings is 1. The average molecular weight is 346 g/mol. The Kier molecular flexibility index (Phi) is 5.30. The van der Waals surface area contributed by atoms with Crippen molar-refractivity contribution in [2.45, 2.75) is 32.0 Å². The summed E-state index contributed by atoms with van der Waals surface area (Å²) in [7, 11) is 1.60. The van der Waals surface area contributed by atoms with Gasteiger partial charge in [0.25, 0.3) is 0 Å². The van der Waals surface area contributed by atoms with Gasteiger partial charge in [0.1, 0.15) is 17.8 Å². The molecule has 0 radical (unpaired) electrons. The highest BCUT2D eigenvalue weighted by Gasteiger charge is 2.30. The average Bonchev–Trinajstić information content (AvgIpc) is 3.12. The van der Waals surface area contributed by atoms with Gasteiger partial charge in [-0.1, -0.05) is 17.3 Å². The Morgan fingerprint density at radius 2 is 2.32 bits per heavy atom. The number of methoxy groups -OCH3 is 1. The van der Waals surface area contributed by atoms with Gasteiger partial charge in [0.2, 0.25) is 17.6 Å². The van der Waals surface area contributed by atoms with Crippen molar-refractivity contribution in [3.8, 4) is 17.1 Å². The summed E-state index contributed by atoms with van der Waals surface area (Å²) >= 11 is 0. The normalized spacial score (nSPS) is 21.6. The maximum atomic E-state index is 12.4. The van der Waals surface area contributed by atoms with Crippen LogP contribution in [0.1, 0.15) is 25.8 Å². The van der Waals surface area contributed by atoms with Gasteiger partial charge in [-0.3, -0.25) is 4.79 Å². The third kappa shape index (κ3) is 3.97. The summed E-state index contributed by atoms with van der Waals surface area (Å²) in [4.78, 5) is 16.8. The van der Waals surface area contributed by atoms with Crippen LogP contribution in [0, 0.1) is 0 Å². The molecule has 2 N–H and O–H groups in total. The number of aromatic nitrogens is 2. The molecule has 1 unspecified atom stereocenters. The molecule has 8 nitrogen and oxygen atoms in total. The molecule has 2 heterocycles. The van der Waals surface area contributed by atoms with E-state index in [2.05, 4.69) is 20.8 Å². The fraction of sp³-hybridized carbons (Fsp3) is 0.471. The van der Waals surface area contributed by atoms with Crippen LogP contribution in [0.4, 0.5) is 0 Å². The van der Waals surface area contributed by atoms with E-state index in [9.17, 15) is 4.79 Å². The van der Waals surface area contributed by atoms with E-state index in [4.69, 9.17) is 14.0 Å². The van der Waals surface area contributed by atoms with Crippen molar-refractivity contribution < 1.29 is 18.8 Å². The number of nitrogens with one attached hydrogen (secondary N) is 2. The van der Waals surface area contributed by atoms with Gasteiger partial charge in [-0.25, -0.2) is 0 Å². The van der Waals surface area contributed by atoms with Crippen LogP contribution in [0.25, 0.3) is 11.4 Å². The van der Waals surface area contributed by atoms with E-state index in [1.807, 2.05) is 31.2 Å². The number of nitrogens with zero attached hydrogens (tertiary/aromatic N) is 2. The quantitative estimate of drug-likeness (QED) is 0.842. The number of hydrogen-bond donors (Lipinski definition) is 2. The van der Waals surface area contributed by atoms with Crippen LogP contribution >= 0.6 is 0 Å². The highest BCUT2D eigenvalue weighted by Crippen LogP contribution is 2.22. The van der Waals surface area contributed by atoms with Gasteiger partial charge in [0.05, 0.1) is 19.8 Å². The molecular weight excluding hydrogens is 324 g/mol. The van der Waals surface area contributed by atoms with Gasteiger partial charge >= 0.3 is 0 Å². The largest absolute Gasteiger partial charge is 0.497 e. The predicted molar refractivity (Wildman–Crippen MR) is 90.0 cm³/mol. The van der Waals surface area contributed by atoms with E-state index in [-0.39, 0.29) is 12.0 Å². The molecule has 1 saturated heterocycles. The Labute approximate surface area is 145 Å². The first-order valence-corrected chi connectivity index (χ1v) is 8.22. The lowest BCUT2D eigenvalue weighted by Crippen LogP contribution is -2.55. The topological polar surface area (TPSA) is 98.5 Å². The second kappa shape index (κ2) is 7.62. The Morgan fingerprint density at radius 3 is 3.08 bits per heavy atom. The SMILES string of the molecule is COc1cccc(-c2noc(C(C)NC(=O)[C@H]3NCCO[C@@H]3C)n2)c1. The molecule has 3 rings (SSSR count). The molecule has 0 saturated carbocycles. The molecule has 3 atom stereocenters. The fourth-order valence-corrected chi connectivity index (χ4v) is 2.68. The summed E-state index contributed by atoms with van der Waals surface area (Å²) in [6.07, 6.45) is -0.184.